The Morgan fingerprint density at radius 3 is 2.64 bits per heavy atom. The molecule has 0 amide bonds. The molecule has 2 N–H and O–H groups in total. The molecule has 2 fully saturated rings. The first-order valence-corrected chi connectivity index (χ1v) is 9.66. The van der Waals surface area contributed by atoms with Crippen molar-refractivity contribution in [2.45, 2.75) is 49.9 Å². The molecule has 0 radical (unpaired) electrons. The topological polar surface area (TPSA) is 48.9 Å². The van der Waals surface area contributed by atoms with Gasteiger partial charge in [0.25, 0.3) is 0 Å². The summed E-state index contributed by atoms with van der Waals surface area (Å²) >= 11 is 1.99. The Morgan fingerprint density at radius 2 is 2.05 bits per heavy atom. The number of rotatable bonds is 5. The summed E-state index contributed by atoms with van der Waals surface area (Å²) in [5.74, 6) is 0.938. The smallest absolute Gasteiger partial charge is 0.191 e. The quantitative estimate of drug-likeness (QED) is 0.592. The lowest BCUT2D eigenvalue weighted by Gasteiger charge is -2.41. The molecule has 1 saturated carbocycles. The lowest BCUT2D eigenvalue weighted by atomic mass is 10.0. The molecule has 1 aliphatic carbocycles. The van der Waals surface area contributed by atoms with Crippen molar-refractivity contribution in [1.82, 2.24) is 15.5 Å². The maximum absolute atomic E-state index is 5.45. The number of guanidine groups is 1. The number of thioether (sulfide) groups is 1. The van der Waals surface area contributed by atoms with Gasteiger partial charge in [-0.2, -0.15) is 11.8 Å². The molecule has 0 aromatic carbocycles. The van der Waals surface area contributed by atoms with Crippen LogP contribution >= 0.6 is 11.8 Å². The SMILES string of the molecule is CN=C(NCC(C)(C)N1CCOCC1)NC1CCC(SC)C1. The molecule has 1 heterocycles. The summed E-state index contributed by atoms with van der Waals surface area (Å²) in [5, 5.41) is 7.91. The van der Waals surface area contributed by atoms with E-state index in [0.29, 0.717) is 6.04 Å². The summed E-state index contributed by atoms with van der Waals surface area (Å²) in [5.41, 5.74) is 0.110. The fourth-order valence-corrected chi connectivity index (χ4v) is 4.05. The number of nitrogens with one attached hydrogen (secondary N) is 2. The number of ether oxygens (including phenoxy) is 1. The van der Waals surface area contributed by atoms with Gasteiger partial charge in [-0.25, -0.2) is 0 Å². The zero-order valence-corrected chi connectivity index (χ0v) is 15.3. The van der Waals surface area contributed by atoms with Crippen molar-refractivity contribution in [2.75, 3.05) is 46.2 Å². The fraction of sp³-hybridized carbons (Fsp3) is 0.938. The Morgan fingerprint density at radius 1 is 1.32 bits per heavy atom. The number of hydrogen-bond donors (Lipinski definition) is 2. The Kier molecular flexibility index (Phi) is 6.84. The van der Waals surface area contributed by atoms with Crippen LogP contribution in [0.5, 0.6) is 0 Å². The predicted octanol–water partition coefficient (Wildman–Crippen LogP) is 1.55. The predicted molar refractivity (Wildman–Crippen MR) is 95.9 cm³/mol. The first-order chi connectivity index (χ1) is 10.5. The van der Waals surface area contributed by atoms with Crippen molar-refractivity contribution in [3.8, 4) is 0 Å². The van der Waals surface area contributed by atoms with Crippen LogP contribution in [0.4, 0.5) is 0 Å². The van der Waals surface area contributed by atoms with E-state index in [1.54, 1.807) is 0 Å². The van der Waals surface area contributed by atoms with Gasteiger partial charge in [0.2, 0.25) is 0 Å². The molecule has 128 valence electrons. The molecule has 2 unspecified atom stereocenters. The fourth-order valence-electron chi connectivity index (χ4n) is 3.25. The zero-order valence-electron chi connectivity index (χ0n) is 14.5. The highest BCUT2D eigenvalue weighted by molar-refractivity contribution is 7.99. The van der Waals surface area contributed by atoms with E-state index in [0.717, 1.165) is 44.1 Å². The van der Waals surface area contributed by atoms with E-state index < -0.39 is 0 Å². The van der Waals surface area contributed by atoms with E-state index in [2.05, 4.69) is 40.6 Å². The van der Waals surface area contributed by atoms with Crippen molar-refractivity contribution < 1.29 is 4.74 Å². The van der Waals surface area contributed by atoms with Crippen LogP contribution in [0.3, 0.4) is 0 Å². The van der Waals surface area contributed by atoms with Crippen molar-refractivity contribution in [3.05, 3.63) is 0 Å². The van der Waals surface area contributed by atoms with Crippen molar-refractivity contribution in [2.24, 2.45) is 4.99 Å². The molecule has 2 aliphatic rings. The first-order valence-electron chi connectivity index (χ1n) is 8.38. The number of aliphatic imine (C=N–C) groups is 1. The minimum atomic E-state index is 0.110. The molecular weight excluding hydrogens is 296 g/mol. The second kappa shape index (κ2) is 8.41. The lowest BCUT2D eigenvalue weighted by Crippen LogP contribution is -2.57. The van der Waals surface area contributed by atoms with Gasteiger partial charge < -0.3 is 15.4 Å². The van der Waals surface area contributed by atoms with Crippen molar-refractivity contribution in [1.29, 1.82) is 0 Å². The van der Waals surface area contributed by atoms with Gasteiger partial charge in [-0.3, -0.25) is 9.89 Å². The molecule has 0 aromatic heterocycles. The molecule has 1 aliphatic heterocycles. The van der Waals surface area contributed by atoms with E-state index >= 15 is 0 Å². The van der Waals surface area contributed by atoms with Gasteiger partial charge in [0, 0.05) is 43.5 Å². The molecule has 1 saturated heterocycles. The second-order valence-corrected chi connectivity index (χ2v) is 7.99. The van der Waals surface area contributed by atoms with Crippen LogP contribution in [0.2, 0.25) is 0 Å². The van der Waals surface area contributed by atoms with Gasteiger partial charge in [0.1, 0.15) is 0 Å². The summed E-state index contributed by atoms with van der Waals surface area (Å²) in [6.45, 7) is 9.18. The Labute approximate surface area is 139 Å². The highest BCUT2D eigenvalue weighted by Crippen LogP contribution is 2.28. The summed E-state index contributed by atoms with van der Waals surface area (Å²) < 4.78 is 5.45. The third kappa shape index (κ3) is 5.03. The van der Waals surface area contributed by atoms with Crippen LogP contribution in [0.1, 0.15) is 33.1 Å². The highest BCUT2D eigenvalue weighted by atomic mass is 32.2. The minimum absolute atomic E-state index is 0.110. The average molecular weight is 329 g/mol. The van der Waals surface area contributed by atoms with Gasteiger partial charge in [-0.05, 0) is 39.4 Å². The standard InChI is InChI=1S/C16H32N4OS/c1-16(2,20-7-9-21-10-8-20)12-18-15(17-3)19-13-5-6-14(11-13)22-4/h13-14H,5-12H2,1-4H3,(H2,17,18,19). The molecular formula is C16H32N4OS. The maximum atomic E-state index is 5.45. The third-order valence-electron chi connectivity index (χ3n) is 4.84. The van der Waals surface area contributed by atoms with Crippen LogP contribution < -0.4 is 10.6 Å². The van der Waals surface area contributed by atoms with Crippen LogP contribution in [0.25, 0.3) is 0 Å². The highest BCUT2D eigenvalue weighted by Gasteiger charge is 2.29. The maximum Gasteiger partial charge on any atom is 0.191 e. The van der Waals surface area contributed by atoms with Gasteiger partial charge in [-0.15, -0.1) is 0 Å². The summed E-state index contributed by atoms with van der Waals surface area (Å²) in [6, 6.07) is 0.565. The van der Waals surface area contributed by atoms with Crippen molar-refractivity contribution in [3.63, 3.8) is 0 Å². The number of hydrogen-bond acceptors (Lipinski definition) is 4. The van der Waals surface area contributed by atoms with Gasteiger partial charge in [-0.1, -0.05) is 0 Å². The first kappa shape index (κ1) is 17.9. The van der Waals surface area contributed by atoms with Gasteiger partial charge in [0.05, 0.1) is 13.2 Å². The van der Waals surface area contributed by atoms with Gasteiger partial charge in [0.15, 0.2) is 5.96 Å². The van der Waals surface area contributed by atoms with Crippen LogP contribution in [-0.2, 0) is 4.74 Å². The molecule has 5 nitrogen and oxygen atoms in total. The van der Waals surface area contributed by atoms with Crippen LogP contribution in [0.15, 0.2) is 4.99 Å². The summed E-state index contributed by atoms with van der Waals surface area (Å²) in [7, 11) is 1.86. The molecule has 0 aromatic rings. The molecule has 22 heavy (non-hydrogen) atoms. The normalized spacial score (nSPS) is 27.9. The van der Waals surface area contributed by atoms with E-state index in [4.69, 9.17) is 4.74 Å². The Hall–Kier alpha value is -0.460. The number of morpholine rings is 1. The lowest BCUT2D eigenvalue weighted by molar-refractivity contribution is -0.00834. The Balaban J connectivity index is 1.78. The molecule has 6 heteroatoms. The largest absolute Gasteiger partial charge is 0.379 e. The van der Waals surface area contributed by atoms with Crippen molar-refractivity contribution >= 4 is 17.7 Å². The summed E-state index contributed by atoms with van der Waals surface area (Å²) in [6.07, 6.45) is 6.02. The summed E-state index contributed by atoms with van der Waals surface area (Å²) in [4.78, 5) is 6.89. The van der Waals surface area contributed by atoms with E-state index in [1.165, 1.54) is 19.3 Å². The second-order valence-electron chi connectivity index (χ2n) is 6.85. The van der Waals surface area contributed by atoms with Gasteiger partial charge >= 0.3 is 0 Å². The third-order valence-corrected chi connectivity index (χ3v) is 5.93. The molecule has 0 bridgehead atoms. The van der Waals surface area contributed by atoms with Crippen LogP contribution in [-0.4, -0.2) is 73.8 Å². The number of nitrogens with zero attached hydrogens (tertiary/aromatic N) is 2. The van der Waals surface area contributed by atoms with E-state index in [1.807, 2.05) is 18.8 Å². The van der Waals surface area contributed by atoms with Crippen LogP contribution in [0, 0.1) is 0 Å². The zero-order chi connectivity index (χ0) is 16.0. The average Bonchev–Trinajstić information content (AvgIpc) is 3.00. The van der Waals surface area contributed by atoms with E-state index in [9.17, 15) is 0 Å². The molecule has 0 spiro atoms. The molecule has 2 atom stereocenters. The minimum Gasteiger partial charge on any atom is -0.379 e. The monoisotopic (exact) mass is 328 g/mol. The Bertz CT molecular complexity index is 369. The van der Waals surface area contributed by atoms with E-state index in [-0.39, 0.29) is 5.54 Å². The molecule has 2 rings (SSSR count).